The van der Waals surface area contributed by atoms with E-state index in [9.17, 15) is 19.5 Å². The Balaban J connectivity index is 1.12. The molecule has 3 heterocycles. The van der Waals surface area contributed by atoms with E-state index in [0.29, 0.717) is 33.0 Å². The molecule has 0 spiro atoms. The van der Waals surface area contributed by atoms with E-state index in [2.05, 4.69) is 25.8 Å². The van der Waals surface area contributed by atoms with Crippen LogP contribution in [0.2, 0.25) is 0 Å². The normalized spacial score (nSPS) is 18.9. The van der Waals surface area contributed by atoms with Crippen LogP contribution in [0.25, 0.3) is 10.4 Å². The van der Waals surface area contributed by atoms with Gasteiger partial charge in [-0.1, -0.05) is 45.0 Å². The number of likely N-dealkylation sites (tertiary alicyclic amines) is 1. The highest BCUT2D eigenvalue weighted by atomic mass is 32.1. The summed E-state index contributed by atoms with van der Waals surface area (Å²) in [7, 11) is 0. The Morgan fingerprint density at radius 3 is 2.22 bits per heavy atom. The Morgan fingerprint density at radius 1 is 0.980 bits per heavy atom. The number of hydrogen-bond donors (Lipinski definition) is 4. The molecule has 284 valence electrons. The van der Waals surface area contributed by atoms with Gasteiger partial charge in [-0.05, 0) is 23.5 Å². The number of benzene rings is 1. The smallest absolute Gasteiger partial charge is 0.246 e. The van der Waals surface area contributed by atoms with Gasteiger partial charge in [-0.15, -0.1) is 11.3 Å². The molecule has 0 bridgehead atoms. The Kier molecular flexibility index (Phi) is 16.7. The Bertz CT molecular complexity index is 1360. The third-order valence-electron chi connectivity index (χ3n) is 8.82. The summed E-state index contributed by atoms with van der Waals surface area (Å²) in [5.74, 6) is -1.24. The highest BCUT2D eigenvalue weighted by Gasteiger charge is 2.44. The van der Waals surface area contributed by atoms with E-state index in [-0.39, 0.29) is 45.2 Å². The van der Waals surface area contributed by atoms with Crippen molar-refractivity contribution in [2.75, 3.05) is 92.1 Å². The molecule has 0 radical (unpaired) electrons. The van der Waals surface area contributed by atoms with Crippen molar-refractivity contribution >= 4 is 29.1 Å². The van der Waals surface area contributed by atoms with Crippen LogP contribution in [0, 0.1) is 12.3 Å². The number of ether oxygens (including phenoxy) is 4. The second-order valence-electron chi connectivity index (χ2n) is 13.9. The van der Waals surface area contributed by atoms with Crippen molar-refractivity contribution in [3.63, 3.8) is 0 Å². The number of aryl methyl sites for hydroxylation is 1. The summed E-state index contributed by atoms with van der Waals surface area (Å²) in [5.41, 5.74) is 4.08. The second kappa shape index (κ2) is 20.9. The molecule has 1 aromatic carbocycles. The van der Waals surface area contributed by atoms with Gasteiger partial charge in [0, 0.05) is 52.2 Å². The molecule has 2 fully saturated rings. The zero-order valence-corrected chi connectivity index (χ0v) is 31.3. The number of thiazole rings is 1. The number of nitrogens with zero attached hydrogens (tertiary/aromatic N) is 3. The molecule has 2 aliphatic rings. The van der Waals surface area contributed by atoms with Crippen LogP contribution < -0.4 is 16.0 Å². The van der Waals surface area contributed by atoms with Gasteiger partial charge >= 0.3 is 0 Å². The third kappa shape index (κ3) is 13.5. The first-order valence-electron chi connectivity index (χ1n) is 17.8. The zero-order valence-electron chi connectivity index (χ0n) is 30.5. The van der Waals surface area contributed by atoms with E-state index in [4.69, 9.17) is 18.9 Å². The number of aromatic nitrogens is 1. The van der Waals surface area contributed by atoms with E-state index < -0.39 is 35.4 Å². The predicted octanol–water partition coefficient (Wildman–Crippen LogP) is 1.20. The maximum Gasteiger partial charge on any atom is 0.246 e. The maximum absolute atomic E-state index is 13.8. The number of hydrogen-bond acceptors (Lipinski definition) is 12. The molecule has 14 nitrogen and oxygen atoms in total. The van der Waals surface area contributed by atoms with Crippen LogP contribution in [-0.4, -0.2) is 148 Å². The molecule has 0 unspecified atom stereocenters. The third-order valence-corrected chi connectivity index (χ3v) is 9.80. The van der Waals surface area contributed by atoms with Gasteiger partial charge in [-0.2, -0.15) is 0 Å². The van der Waals surface area contributed by atoms with E-state index >= 15 is 0 Å². The number of β-amino-alcohol motifs (C(OH)–C–C–N with tert-alkyl or cyclic N) is 1. The molecule has 0 aliphatic carbocycles. The number of carbonyl (C=O) groups is 3. The average Bonchev–Trinajstić information content (AvgIpc) is 3.73. The molecule has 3 atom stereocenters. The van der Waals surface area contributed by atoms with Gasteiger partial charge < -0.3 is 44.9 Å². The van der Waals surface area contributed by atoms with Crippen molar-refractivity contribution in [1.82, 2.24) is 30.7 Å². The van der Waals surface area contributed by atoms with E-state index in [1.54, 1.807) is 11.3 Å². The van der Waals surface area contributed by atoms with E-state index in [1.807, 2.05) is 57.5 Å². The number of carbonyl (C=O) groups excluding carboxylic acids is 3. The van der Waals surface area contributed by atoms with E-state index in [1.165, 1.54) is 4.90 Å². The summed E-state index contributed by atoms with van der Waals surface area (Å²) in [6.07, 6.45) is -0.733. The van der Waals surface area contributed by atoms with Crippen LogP contribution in [0.5, 0.6) is 0 Å². The molecule has 2 aromatic rings. The summed E-state index contributed by atoms with van der Waals surface area (Å²) in [6.45, 7) is 15.7. The van der Waals surface area contributed by atoms with Gasteiger partial charge in [0.1, 0.15) is 18.7 Å². The van der Waals surface area contributed by atoms with Crippen molar-refractivity contribution in [3.05, 3.63) is 41.0 Å². The van der Waals surface area contributed by atoms with Crippen LogP contribution in [0.1, 0.15) is 38.4 Å². The summed E-state index contributed by atoms with van der Waals surface area (Å²) in [4.78, 5) is 49.1. The standard InChI is InChI=1S/C36H56N6O8S/c1-26-32(51-25-39-26)28-7-5-27(6-8-28)22-38-34(45)30-21-29(43)23-42(30)35(46)33(36(2,3)4)40-31(44)24-50-20-19-49-18-17-48-16-15-47-14-13-41-11-9-37-10-12-41/h5-8,25,29-30,33,37,43H,9-24H2,1-4H3,(H,38,45)(H,40,44)/t29-,30+,33-/m1/s1. The first-order chi connectivity index (χ1) is 24.5. The molecule has 2 aliphatic heterocycles. The Labute approximate surface area is 305 Å². The zero-order chi connectivity index (χ0) is 36.6. The lowest BCUT2D eigenvalue weighted by atomic mass is 9.85. The molecule has 51 heavy (non-hydrogen) atoms. The largest absolute Gasteiger partial charge is 0.391 e. The number of aliphatic hydroxyl groups excluding tert-OH is 1. The number of rotatable bonds is 20. The monoisotopic (exact) mass is 732 g/mol. The summed E-state index contributed by atoms with van der Waals surface area (Å²) >= 11 is 1.58. The second-order valence-corrected chi connectivity index (χ2v) is 14.8. The van der Waals surface area contributed by atoms with E-state index in [0.717, 1.165) is 54.4 Å². The average molecular weight is 733 g/mol. The van der Waals surface area contributed by atoms with Crippen LogP contribution in [-0.2, 0) is 39.9 Å². The first kappa shape index (κ1) is 40.7. The lowest BCUT2D eigenvalue weighted by Gasteiger charge is -2.35. The lowest BCUT2D eigenvalue weighted by molar-refractivity contribution is -0.144. The number of amides is 3. The summed E-state index contributed by atoms with van der Waals surface area (Å²) < 4.78 is 22.2. The Morgan fingerprint density at radius 2 is 1.61 bits per heavy atom. The Hall–Kier alpha value is -3.02. The molecule has 1 aromatic heterocycles. The molecule has 4 N–H and O–H groups in total. The van der Waals surface area contributed by atoms with Crippen molar-refractivity contribution < 1.29 is 38.4 Å². The molecule has 3 amide bonds. The van der Waals surface area contributed by atoms with Crippen molar-refractivity contribution in [1.29, 1.82) is 0 Å². The first-order valence-corrected chi connectivity index (χ1v) is 18.7. The van der Waals surface area contributed by atoms with Gasteiger partial charge in [0.25, 0.3) is 0 Å². The topological polar surface area (TPSA) is 164 Å². The fourth-order valence-corrected chi connectivity index (χ4v) is 6.75. The molecular weight excluding hydrogens is 676 g/mol. The fraction of sp³-hybridized carbons (Fsp3) is 0.667. The summed E-state index contributed by atoms with van der Waals surface area (Å²) in [5, 5.41) is 19.5. The number of nitrogens with one attached hydrogen (secondary N) is 3. The molecule has 2 saturated heterocycles. The van der Waals surface area contributed by atoms with Crippen LogP contribution in [0.15, 0.2) is 29.8 Å². The predicted molar refractivity (Wildman–Crippen MR) is 194 cm³/mol. The molecule has 4 rings (SSSR count). The minimum Gasteiger partial charge on any atom is -0.391 e. The van der Waals surface area contributed by atoms with Crippen molar-refractivity contribution in [2.24, 2.45) is 5.41 Å². The van der Waals surface area contributed by atoms with Crippen LogP contribution in [0.3, 0.4) is 0 Å². The van der Waals surface area contributed by atoms with Crippen LogP contribution in [0.4, 0.5) is 0 Å². The quantitative estimate of drug-likeness (QED) is 0.145. The maximum atomic E-state index is 13.8. The fourth-order valence-electron chi connectivity index (χ4n) is 5.94. The van der Waals surface area contributed by atoms with Gasteiger partial charge in [-0.3, -0.25) is 19.3 Å². The number of aliphatic hydroxyl groups is 1. The van der Waals surface area contributed by atoms with Crippen LogP contribution >= 0.6 is 11.3 Å². The molecule has 0 saturated carbocycles. The minimum atomic E-state index is -0.934. The molecule has 15 heteroatoms. The summed E-state index contributed by atoms with van der Waals surface area (Å²) in [6, 6.07) is 6.09. The van der Waals surface area contributed by atoms with Crippen molar-refractivity contribution in [2.45, 2.75) is 58.8 Å². The van der Waals surface area contributed by atoms with Crippen molar-refractivity contribution in [3.8, 4) is 10.4 Å². The number of piperazine rings is 1. The minimum absolute atomic E-state index is 0.00365. The van der Waals surface area contributed by atoms with Gasteiger partial charge in [0.15, 0.2) is 0 Å². The van der Waals surface area contributed by atoms with Gasteiger partial charge in [0.05, 0.1) is 68.4 Å². The highest BCUT2D eigenvalue weighted by molar-refractivity contribution is 7.13. The van der Waals surface area contributed by atoms with Gasteiger partial charge in [-0.25, -0.2) is 4.98 Å². The molecular formula is C36H56N6O8S. The van der Waals surface area contributed by atoms with Gasteiger partial charge in [0.2, 0.25) is 17.7 Å². The highest BCUT2D eigenvalue weighted by Crippen LogP contribution is 2.28. The lowest BCUT2D eigenvalue weighted by Crippen LogP contribution is -2.58. The SMILES string of the molecule is Cc1ncsc1-c1ccc(CNC(=O)[C@@H]2C[C@@H](O)CN2C(=O)[C@@H](NC(=O)COCCOCCOCCOCCN2CCNCC2)C(C)(C)C)cc1.